The minimum atomic E-state index is -0.401. The quantitative estimate of drug-likeness (QED) is 0.632. The molecule has 0 amide bonds. The van der Waals surface area contributed by atoms with E-state index in [0.29, 0.717) is 6.54 Å². The molecule has 0 unspecified atom stereocenters. The Labute approximate surface area is 129 Å². The lowest BCUT2D eigenvalue weighted by molar-refractivity contribution is 0.628. The highest BCUT2D eigenvalue weighted by molar-refractivity contribution is 7.14. The fourth-order valence-corrected chi connectivity index (χ4v) is 3.57. The lowest BCUT2D eigenvalue weighted by atomic mass is 10.2. The van der Waals surface area contributed by atoms with Crippen LogP contribution in [0.5, 0.6) is 0 Å². The van der Waals surface area contributed by atoms with Gasteiger partial charge in [-0.05, 0) is 41.1 Å². The Morgan fingerprint density at radius 1 is 1.15 bits per heavy atom. The fourth-order valence-electron chi connectivity index (χ4n) is 1.84. The minimum absolute atomic E-state index is 0.145. The summed E-state index contributed by atoms with van der Waals surface area (Å²) < 4.78 is 13.3. The fraction of sp³-hybridized carbons (Fsp3) is 0.0667. The summed E-state index contributed by atoms with van der Waals surface area (Å²) in [5.74, 6) is -0.401. The first-order chi connectivity index (χ1) is 9.72. The normalized spacial score (nSPS) is 10.7. The third-order valence-electron chi connectivity index (χ3n) is 2.85. The maximum Gasteiger partial charge on any atom is 0.143 e. The van der Waals surface area contributed by atoms with Gasteiger partial charge in [-0.2, -0.15) is 0 Å². The average Bonchev–Trinajstić information content (AvgIpc) is 3.09. The van der Waals surface area contributed by atoms with Crippen molar-refractivity contribution >= 4 is 40.0 Å². The third-order valence-corrected chi connectivity index (χ3v) is 5.01. The zero-order chi connectivity index (χ0) is 13.9. The van der Waals surface area contributed by atoms with E-state index in [1.54, 1.807) is 34.8 Å². The Kier molecular flexibility index (Phi) is 4.05. The van der Waals surface area contributed by atoms with Crippen molar-refractivity contribution in [1.29, 1.82) is 0 Å². The number of benzene rings is 1. The Hall–Kier alpha value is -1.36. The molecule has 2 aromatic heterocycles. The van der Waals surface area contributed by atoms with Gasteiger partial charge in [0.2, 0.25) is 0 Å². The summed E-state index contributed by atoms with van der Waals surface area (Å²) in [6.45, 7) is 0.678. The van der Waals surface area contributed by atoms with Crippen LogP contribution in [-0.2, 0) is 6.54 Å². The van der Waals surface area contributed by atoms with Crippen LogP contribution in [0.1, 0.15) is 4.88 Å². The van der Waals surface area contributed by atoms with Crippen LogP contribution >= 0.6 is 34.3 Å². The number of hydrogen-bond donors (Lipinski definition) is 1. The van der Waals surface area contributed by atoms with E-state index in [2.05, 4.69) is 28.2 Å². The summed E-state index contributed by atoms with van der Waals surface area (Å²) in [7, 11) is 0. The van der Waals surface area contributed by atoms with Crippen LogP contribution in [0.2, 0.25) is 5.02 Å². The van der Waals surface area contributed by atoms with Gasteiger partial charge in [0.05, 0.1) is 5.02 Å². The Morgan fingerprint density at radius 3 is 2.80 bits per heavy atom. The van der Waals surface area contributed by atoms with Crippen molar-refractivity contribution in [3.05, 3.63) is 62.9 Å². The molecule has 20 heavy (non-hydrogen) atoms. The van der Waals surface area contributed by atoms with Gasteiger partial charge in [0.1, 0.15) is 5.82 Å². The summed E-state index contributed by atoms with van der Waals surface area (Å²) in [5, 5.41) is 7.56. The second-order valence-electron chi connectivity index (χ2n) is 4.26. The van der Waals surface area contributed by atoms with E-state index in [0.717, 1.165) is 5.69 Å². The summed E-state index contributed by atoms with van der Waals surface area (Å²) in [6, 6.07) is 11.1. The van der Waals surface area contributed by atoms with E-state index in [9.17, 15) is 4.39 Å². The van der Waals surface area contributed by atoms with Gasteiger partial charge in [-0.25, -0.2) is 4.39 Å². The van der Waals surface area contributed by atoms with Crippen molar-refractivity contribution in [2.45, 2.75) is 6.54 Å². The first-order valence-electron chi connectivity index (χ1n) is 6.02. The molecule has 0 fully saturated rings. The molecule has 0 aliphatic carbocycles. The lowest BCUT2D eigenvalue weighted by Gasteiger charge is -2.05. The highest BCUT2D eigenvalue weighted by Crippen LogP contribution is 2.29. The van der Waals surface area contributed by atoms with Crippen molar-refractivity contribution in [2.75, 3.05) is 5.32 Å². The average molecular weight is 324 g/mol. The number of thiophene rings is 2. The van der Waals surface area contributed by atoms with Crippen LogP contribution < -0.4 is 5.32 Å². The van der Waals surface area contributed by atoms with Crippen LogP contribution in [0.25, 0.3) is 10.4 Å². The van der Waals surface area contributed by atoms with Crippen LogP contribution in [0.3, 0.4) is 0 Å². The van der Waals surface area contributed by atoms with Gasteiger partial charge in [-0.3, -0.25) is 0 Å². The van der Waals surface area contributed by atoms with Gasteiger partial charge < -0.3 is 5.32 Å². The van der Waals surface area contributed by atoms with E-state index < -0.39 is 5.82 Å². The summed E-state index contributed by atoms with van der Waals surface area (Å²) in [4.78, 5) is 2.48. The van der Waals surface area contributed by atoms with Crippen molar-refractivity contribution in [2.24, 2.45) is 0 Å². The Morgan fingerprint density at radius 2 is 2.05 bits per heavy atom. The predicted molar refractivity (Wildman–Crippen MR) is 86.4 cm³/mol. The second kappa shape index (κ2) is 5.95. The number of nitrogens with one attached hydrogen (secondary N) is 1. The number of halogens is 2. The van der Waals surface area contributed by atoms with E-state index >= 15 is 0 Å². The molecule has 2 heterocycles. The first kappa shape index (κ1) is 13.6. The molecule has 3 aromatic rings. The molecule has 0 saturated heterocycles. The molecule has 0 spiro atoms. The molecule has 0 bridgehead atoms. The zero-order valence-corrected chi connectivity index (χ0v) is 12.8. The van der Waals surface area contributed by atoms with Gasteiger partial charge in [0, 0.05) is 27.5 Å². The molecule has 5 heteroatoms. The van der Waals surface area contributed by atoms with E-state index in [4.69, 9.17) is 11.6 Å². The Bertz CT molecular complexity index is 706. The molecule has 0 saturated carbocycles. The molecule has 1 N–H and O–H groups in total. The van der Waals surface area contributed by atoms with Crippen LogP contribution in [0, 0.1) is 5.82 Å². The summed E-state index contributed by atoms with van der Waals surface area (Å²) in [5.41, 5.74) is 1.97. The monoisotopic (exact) mass is 323 g/mol. The smallest absolute Gasteiger partial charge is 0.143 e. The largest absolute Gasteiger partial charge is 0.380 e. The zero-order valence-electron chi connectivity index (χ0n) is 10.4. The molecule has 0 radical (unpaired) electrons. The van der Waals surface area contributed by atoms with E-state index in [-0.39, 0.29) is 5.02 Å². The van der Waals surface area contributed by atoms with Gasteiger partial charge >= 0.3 is 0 Å². The molecular weight excluding hydrogens is 313 g/mol. The minimum Gasteiger partial charge on any atom is -0.380 e. The maximum atomic E-state index is 13.3. The van der Waals surface area contributed by atoms with E-state index in [1.807, 2.05) is 6.07 Å². The van der Waals surface area contributed by atoms with Gasteiger partial charge in [-0.15, -0.1) is 22.7 Å². The number of anilines is 1. The topological polar surface area (TPSA) is 12.0 Å². The van der Waals surface area contributed by atoms with Crippen LogP contribution in [0.15, 0.2) is 47.2 Å². The van der Waals surface area contributed by atoms with Crippen molar-refractivity contribution in [1.82, 2.24) is 0 Å². The summed E-state index contributed by atoms with van der Waals surface area (Å²) in [6.07, 6.45) is 0. The molecule has 0 atom stereocenters. The SMILES string of the molecule is Fc1cc(NCc2cc(-c3cccs3)cs2)ccc1Cl. The molecule has 1 nitrogen and oxygen atoms in total. The van der Waals surface area contributed by atoms with Crippen molar-refractivity contribution < 1.29 is 4.39 Å². The predicted octanol–water partition coefficient (Wildman–Crippen LogP) is 5.88. The molecule has 1 aromatic carbocycles. The number of rotatable bonds is 4. The Balaban J connectivity index is 1.68. The molecular formula is C15H11ClFNS2. The van der Waals surface area contributed by atoms with Crippen LogP contribution in [-0.4, -0.2) is 0 Å². The molecule has 0 aliphatic rings. The first-order valence-corrected chi connectivity index (χ1v) is 8.16. The standard InChI is InChI=1S/C15H11ClFNS2/c16-13-4-3-11(7-14(13)17)18-8-12-6-10(9-20-12)15-2-1-5-19-15/h1-7,9,18H,8H2. The van der Waals surface area contributed by atoms with Crippen molar-refractivity contribution in [3.63, 3.8) is 0 Å². The van der Waals surface area contributed by atoms with Gasteiger partial charge in [0.15, 0.2) is 0 Å². The van der Waals surface area contributed by atoms with Gasteiger partial charge in [0.25, 0.3) is 0 Å². The molecule has 0 aliphatic heterocycles. The van der Waals surface area contributed by atoms with Crippen LogP contribution in [0.4, 0.5) is 10.1 Å². The number of hydrogen-bond acceptors (Lipinski definition) is 3. The lowest BCUT2D eigenvalue weighted by Crippen LogP contribution is -1.97. The molecule has 3 rings (SSSR count). The molecule has 102 valence electrons. The highest BCUT2D eigenvalue weighted by Gasteiger charge is 2.04. The van der Waals surface area contributed by atoms with Gasteiger partial charge in [-0.1, -0.05) is 17.7 Å². The second-order valence-corrected chi connectivity index (χ2v) is 6.61. The highest BCUT2D eigenvalue weighted by atomic mass is 35.5. The third kappa shape index (κ3) is 3.03. The van der Waals surface area contributed by atoms with Crippen molar-refractivity contribution in [3.8, 4) is 10.4 Å². The maximum absolute atomic E-state index is 13.3. The summed E-state index contributed by atoms with van der Waals surface area (Å²) >= 11 is 9.09. The van der Waals surface area contributed by atoms with E-state index in [1.165, 1.54) is 21.4 Å².